The Balaban J connectivity index is 2.78. The van der Waals surface area contributed by atoms with Crippen molar-refractivity contribution in [2.45, 2.75) is 6.92 Å². The highest BCUT2D eigenvalue weighted by Crippen LogP contribution is 2.39. The van der Waals surface area contributed by atoms with Crippen LogP contribution in [0.3, 0.4) is 0 Å². The molecule has 0 spiro atoms. The van der Waals surface area contributed by atoms with Crippen molar-refractivity contribution in [3.63, 3.8) is 0 Å². The van der Waals surface area contributed by atoms with Crippen molar-refractivity contribution >= 4 is 28.9 Å². The van der Waals surface area contributed by atoms with E-state index in [1.54, 1.807) is 6.92 Å². The minimum atomic E-state index is -0.985. The average molecular weight is 336 g/mol. The largest absolute Gasteiger partial charge is 0.365 e. The van der Waals surface area contributed by atoms with Gasteiger partial charge in [0.2, 0.25) is 0 Å². The van der Waals surface area contributed by atoms with Crippen LogP contribution in [0, 0.1) is 27.2 Å². The van der Waals surface area contributed by atoms with Crippen molar-refractivity contribution in [3.8, 4) is 11.1 Å². The standard InChI is InChI=1S/C14H10ClN3O5/c1-7-2-3-8(17(20)21)6-11(7)9-4-5-10(14(16)19)13(12(9)15)18(22)23/h2-6H,1H3,(H2,16,19). The van der Waals surface area contributed by atoms with Gasteiger partial charge in [0, 0.05) is 17.7 Å². The smallest absolute Gasteiger partial charge is 0.301 e. The number of halogens is 1. The SMILES string of the molecule is Cc1ccc([N+](=O)[O-])cc1-c1ccc(C(N)=O)c([N+](=O)[O-])c1Cl. The van der Waals surface area contributed by atoms with Crippen LogP contribution >= 0.6 is 11.6 Å². The number of nitro groups is 2. The fraction of sp³-hybridized carbons (Fsp3) is 0.0714. The van der Waals surface area contributed by atoms with Gasteiger partial charge in [0.05, 0.1) is 9.85 Å². The molecule has 0 saturated heterocycles. The topological polar surface area (TPSA) is 129 Å². The number of primary amides is 1. The first-order valence-electron chi connectivity index (χ1n) is 6.26. The van der Waals surface area contributed by atoms with Crippen LogP contribution in [0.4, 0.5) is 11.4 Å². The van der Waals surface area contributed by atoms with Gasteiger partial charge in [0.1, 0.15) is 10.6 Å². The van der Waals surface area contributed by atoms with Gasteiger partial charge in [-0.3, -0.25) is 25.0 Å². The van der Waals surface area contributed by atoms with Gasteiger partial charge in [-0.2, -0.15) is 0 Å². The first-order chi connectivity index (χ1) is 10.7. The summed E-state index contributed by atoms with van der Waals surface area (Å²) in [7, 11) is 0. The van der Waals surface area contributed by atoms with Crippen molar-refractivity contribution in [1.82, 2.24) is 0 Å². The van der Waals surface area contributed by atoms with Gasteiger partial charge in [-0.1, -0.05) is 23.7 Å². The maximum absolute atomic E-state index is 11.3. The first-order valence-corrected chi connectivity index (χ1v) is 6.64. The number of non-ortho nitro benzene ring substituents is 1. The summed E-state index contributed by atoms with van der Waals surface area (Å²) in [6.07, 6.45) is 0. The molecule has 0 bridgehead atoms. The summed E-state index contributed by atoms with van der Waals surface area (Å²) in [5.74, 6) is -0.985. The molecule has 0 aliphatic carbocycles. The zero-order valence-electron chi connectivity index (χ0n) is 11.8. The van der Waals surface area contributed by atoms with E-state index in [4.69, 9.17) is 17.3 Å². The van der Waals surface area contributed by atoms with Crippen LogP contribution in [0.1, 0.15) is 15.9 Å². The van der Waals surface area contributed by atoms with Crippen LogP contribution in [0.25, 0.3) is 11.1 Å². The van der Waals surface area contributed by atoms with E-state index >= 15 is 0 Å². The Morgan fingerprint density at radius 1 is 1.09 bits per heavy atom. The monoisotopic (exact) mass is 335 g/mol. The van der Waals surface area contributed by atoms with Crippen molar-refractivity contribution in [3.05, 3.63) is 66.7 Å². The van der Waals surface area contributed by atoms with E-state index in [-0.39, 0.29) is 21.8 Å². The van der Waals surface area contributed by atoms with E-state index in [1.165, 1.54) is 30.3 Å². The second-order valence-electron chi connectivity index (χ2n) is 4.70. The predicted molar refractivity (Wildman–Crippen MR) is 83.5 cm³/mol. The van der Waals surface area contributed by atoms with E-state index in [9.17, 15) is 25.0 Å². The third kappa shape index (κ3) is 2.97. The summed E-state index contributed by atoms with van der Waals surface area (Å²) in [5.41, 5.74) is 5.20. The van der Waals surface area contributed by atoms with Gasteiger partial charge in [-0.25, -0.2) is 0 Å². The summed E-state index contributed by atoms with van der Waals surface area (Å²) in [5, 5.41) is 21.8. The van der Waals surface area contributed by atoms with Crippen molar-refractivity contribution in [2.24, 2.45) is 5.73 Å². The van der Waals surface area contributed by atoms with Gasteiger partial charge in [-0.15, -0.1) is 0 Å². The number of carbonyl (C=O) groups is 1. The number of rotatable bonds is 4. The molecule has 2 N–H and O–H groups in total. The molecule has 0 unspecified atom stereocenters. The van der Waals surface area contributed by atoms with Gasteiger partial charge in [0.25, 0.3) is 11.6 Å². The third-order valence-corrected chi connectivity index (χ3v) is 3.67. The minimum absolute atomic E-state index is 0.178. The quantitative estimate of drug-likeness (QED) is 0.677. The van der Waals surface area contributed by atoms with Crippen LogP contribution < -0.4 is 5.73 Å². The van der Waals surface area contributed by atoms with Gasteiger partial charge < -0.3 is 5.73 Å². The molecular formula is C14H10ClN3O5. The molecule has 0 aliphatic rings. The van der Waals surface area contributed by atoms with Gasteiger partial charge >= 0.3 is 5.69 Å². The average Bonchev–Trinajstić information content (AvgIpc) is 2.46. The van der Waals surface area contributed by atoms with Crippen LogP contribution in [-0.2, 0) is 0 Å². The molecule has 1 amide bonds. The molecule has 0 heterocycles. The molecule has 0 radical (unpaired) electrons. The molecule has 0 fully saturated rings. The Hall–Kier alpha value is -3.00. The second-order valence-corrected chi connectivity index (χ2v) is 5.08. The van der Waals surface area contributed by atoms with E-state index in [1.807, 2.05) is 0 Å². The molecule has 0 aliphatic heterocycles. The molecule has 2 aromatic carbocycles. The third-order valence-electron chi connectivity index (χ3n) is 3.29. The number of benzene rings is 2. The fourth-order valence-corrected chi connectivity index (χ4v) is 2.50. The number of hydrogen-bond acceptors (Lipinski definition) is 5. The Labute approximate surface area is 134 Å². The molecule has 118 valence electrons. The molecule has 0 atom stereocenters. The highest BCUT2D eigenvalue weighted by Gasteiger charge is 2.26. The van der Waals surface area contributed by atoms with Crippen molar-refractivity contribution in [2.75, 3.05) is 0 Å². The van der Waals surface area contributed by atoms with Gasteiger partial charge in [0.15, 0.2) is 0 Å². The van der Waals surface area contributed by atoms with E-state index in [2.05, 4.69) is 0 Å². The Kier molecular flexibility index (Phi) is 4.28. The molecule has 2 rings (SSSR count). The summed E-state index contributed by atoms with van der Waals surface area (Å²) >= 11 is 6.07. The maximum atomic E-state index is 11.3. The highest BCUT2D eigenvalue weighted by atomic mass is 35.5. The number of nitrogens with zero attached hydrogens (tertiary/aromatic N) is 2. The second kappa shape index (κ2) is 6.01. The molecule has 0 saturated carbocycles. The summed E-state index contributed by atoms with van der Waals surface area (Å²) < 4.78 is 0. The Morgan fingerprint density at radius 2 is 1.74 bits per heavy atom. The zero-order valence-corrected chi connectivity index (χ0v) is 12.5. The van der Waals surface area contributed by atoms with Crippen molar-refractivity contribution < 1.29 is 14.6 Å². The normalized spacial score (nSPS) is 10.3. The molecule has 2 aromatic rings. The van der Waals surface area contributed by atoms with E-state index in [0.717, 1.165) is 0 Å². The number of aryl methyl sites for hydroxylation is 1. The minimum Gasteiger partial charge on any atom is -0.365 e. The van der Waals surface area contributed by atoms with Crippen LogP contribution in [-0.4, -0.2) is 15.8 Å². The predicted octanol–water partition coefficient (Wildman–Crippen LogP) is 3.23. The lowest BCUT2D eigenvalue weighted by atomic mass is 9.97. The van der Waals surface area contributed by atoms with E-state index < -0.39 is 21.4 Å². The van der Waals surface area contributed by atoms with Crippen LogP contribution in [0.2, 0.25) is 5.02 Å². The highest BCUT2D eigenvalue weighted by molar-refractivity contribution is 6.36. The Bertz CT molecular complexity index is 851. The lowest BCUT2D eigenvalue weighted by Gasteiger charge is -2.10. The Morgan fingerprint density at radius 3 is 2.26 bits per heavy atom. The maximum Gasteiger partial charge on any atom is 0.301 e. The first kappa shape index (κ1) is 16.4. The fourth-order valence-electron chi connectivity index (χ4n) is 2.16. The van der Waals surface area contributed by atoms with E-state index in [0.29, 0.717) is 11.1 Å². The lowest BCUT2D eigenvalue weighted by Crippen LogP contribution is -2.13. The number of hydrogen-bond donors (Lipinski definition) is 1. The molecule has 23 heavy (non-hydrogen) atoms. The van der Waals surface area contributed by atoms with Crippen molar-refractivity contribution in [1.29, 1.82) is 0 Å². The van der Waals surface area contributed by atoms with Crippen LogP contribution in [0.15, 0.2) is 30.3 Å². The number of carbonyl (C=O) groups excluding carboxylic acids is 1. The van der Waals surface area contributed by atoms with Crippen LogP contribution in [0.5, 0.6) is 0 Å². The number of nitrogens with two attached hydrogens (primary N) is 1. The number of amides is 1. The lowest BCUT2D eigenvalue weighted by molar-refractivity contribution is -0.385. The molecular weight excluding hydrogens is 326 g/mol. The zero-order chi connectivity index (χ0) is 17.3. The summed E-state index contributed by atoms with van der Waals surface area (Å²) in [4.78, 5) is 32.0. The molecule has 0 aromatic heterocycles. The number of nitro benzene ring substituents is 2. The van der Waals surface area contributed by atoms with Gasteiger partial charge in [-0.05, 0) is 24.1 Å². The summed E-state index contributed by atoms with van der Waals surface area (Å²) in [6, 6.07) is 6.65. The molecule has 8 nitrogen and oxygen atoms in total. The molecule has 9 heteroatoms. The summed E-state index contributed by atoms with van der Waals surface area (Å²) in [6.45, 7) is 1.68.